The molecule has 0 bridgehead atoms. The number of nitrogens with zero attached hydrogens (tertiary/aromatic N) is 1. The smallest absolute Gasteiger partial charge is 0.305 e. The normalized spacial score (nSPS) is 11.8. The van der Waals surface area contributed by atoms with E-state index in [1.807, 2.05) is 0 Å². The number of benzene rings is 2. The van der Waals surface area contributed by atoms with Crippen molar-refractivity contribution in [2.75, 3.05) is 13.7 Å². The molecule has 1 atom stereocenters. The molecular weight excluding hydrogens is 344 g/mol. The fraction of sp³-hybridized carbons (Fsp3) is 0.263. The van der Waals surface area contributed by atoms with E-state index in [4.69, 9.17) is 9.84 Å². The minimum Gasteiger partial charge on any atom is -0.481 e. The van der Waals surface area contributed by atoms with Crippen molar-refractivity contribution >= 4 is 11.9 Å². The summed E-state index contributed by atoms with van der Waals surface area (Å²) in [6, 6.07) is 12.1. The highest BCUT2D eigenvalue weighted by Gasteiger charge is 2.26. The molecule has 0 saturated heterocycles. The molecule has 2 rings (SSSR count). The van der Waals surface area contributed by atoms with Crippen molar-refractivity contribution in [1.82, 2.24) is 4.90 Å². The molecule has 2 aromatic rings. The number of methoxy groups -OCH3 is 1. The number of carbonyl (C=O) groups is 2. The summed E-state index contributed by atoms with van der Waals surface area (Å²) >= 11 is 0. The zero-order chi connectivity index (χ0) is 19.1. The number of rotatable bonds is 8. The highest BCUT2D eigenvalue weighted by molar-refractivity contribution is 5.82. The molecule has 0 aliphatic rings. The van der Waals surface area contributed by atoms with E-state index in [-0.39, 0.29) is 19.5 Å². The second kappa shape index (κ2) is 9.05. The van der Waals surface area contributed by atoms with E-state index in [2.05, 4.69) is 0 Å². The summed E-state index contributed by atoms with van der Waals surface area (Å²) in [5, 5.41) is 8.92. The molecule has 7 heteroatoms. The van der Waals surface area contributed by atoms with Crippen molar-refractivity contribution in [2.24, 2.45) is 0 Å². The van der Waals surface area contributed by atoms with E-state index >= 15 is 0 Å². The van der Waals surface area contributed by atoms with Crippen molar-refractivity contribution in [3.63, 3.8) is 0 Å². The Hall–Kier alpha value is -2.80. The first-order valence-corrected chi connectivity index (χ1v) is 7.94. The Bertz CT molecular complexity index is 767. The molecule has 26 heavy (non-hydrogen) atoms. The monoisotopic (exact) mass is 363 g/mol. The fourth-order valence-corrected chi connectivity index (χ4v) is 2.53. The van der Waals surface area contributed by atoms with Gasteiger partial charge in [-0.3, -0.25) is 9.59 Å². The first kappa shape index (κ1) is 19.5. The van der Waals surface area contributed by atoms with Crippen LogP contribution in [0.4, 0.5) is 8.78 Å². The Balaban J connectivity index is 2.25. The van der Waals surface area contributed by atoms with E-state index in [9.17, 15) is 18.4 Å². The Morgan fingerprint density at radius 3 is 2.38 bits per heavy atom. The fourth-order valence-electron chi connectivity index (χ4n) is 2.53. The molecule has 138 valence electrons. The van der Waals surface area contributed by atoms with Gasteiger partial charge in [-0.2, -0.15) is 0 Å². The number of halogens is 2. The van der Waals surface area contributed by atoms with Gasteiger partial charge in [-0.25, -0.2) is 8.78 Å². The molecule has 0 radical (unpaired) electrons. The Morgan fingerprint density at radius 1 is 1.12 bits per heavy atom. The lowest BCUT2D eigenvalue weighted by molar-refractivity contribution is -0.144. The highest BCUT2D eigenvalue weighted by Crippen LogP contribution is 2.21. The first-order chi connectivity index (χ1) is 12.4. The van der Waals surface area contributed by atoms with E-state index in [0.717, 1.165) is 12.1 Å². The van der Waals surface area contributed by atoms with Crippen molar-refractivity contribution in [1.29, 1.82) is 0 Å². The summed E-state index contributed by atoms with van der Waals surface area (Å²) in [5.41, 5.74) is 0.969. The van der Waals surface area contributed by atoms with E-state index in [1.165, 1.54) is 18.1 Å². The van der Waals surface area contributed by atoms with Gasteiger partial charge in [-0.05, 0) is 23.3 Å². The number of carboxylic acid groups (broad SMARTS) is 1. The molecular formula is C19H19F2NO4. The van der Waals surface area contributed by atoms with Crippen LogP contribution in [0.2, 0.25) is 0 Å². The number of hydrogen-bond acceptors (Lipinski definition) is 3. The lowest BCUT2D eigenvalue weighted by atomic mass is 10.1. The maximum absolute atomic E-state index is 13.4. The highest BCUT2D eigenvalue weighted by atomic mass is 19.2. The number of carbonyl (C=O) groups excluding carboxylic acids is 1. The maximum atomic E-state index is 13.4. The third-order valence-corrected chi connectivity index (χ3v) is 3.83. The van der Waals surface area contributed by atoms with Gasteiger partial charge < -0.3 is 14.7 Å². The van der Waals surface area contributed by atoms with Gasteiger partial charge >= 0.3 is 5.97 Å². The van der Waals surface area contributed by atoms with E-state index < -0.39 is 29.6 Å². The quantitative estimate of drug-likeness (QED) is 0.782. The molecule has 0 spiro atoms. The number of ether oxygens (including phenoxy) is 1. The summed E-state index contributed by atoms with van der Waals surface area (Å²) in [5.74, 6) is -3.54. The van der Waals surface area contributed by atoms with Crippen molar-refractivity contribution in [3.8, 4) is 0 Å². The second-order valence-electron chi connectivity index (χ2n) is 5.68. The van der Waals surface area contributed by atoms with Gasteiger partial charge in [-0.15, -0.1) is 0 Å². The molecule has 2 aromatic carbocycles. The molecule has 0 aromatic heterocycles. The molecule has 0 unspecified atom stereocenters. The number of hydrogen-bond donors (Lipinski definition) is 1. The SMILES string of the molecule is CO[C@@H](C(=O)N(CCC(=O)O)Cc1ccc(F)c(F)c1)c1ccccc1. The van der Waals surface area contributed by atoms with Crippen LogP contribution in [0.15, 0.2) is 48.5 Å². The lowest BCUT2D eigenvalue weighted by Gasteiger charge is -2.26. The van der Waals surface area contributed by atoms with Crippen molar-refractivity contribution in [2.45, 2.75) is 19.1 Å². The number of aliphatic carboxylic acids is 1. The molecule has 1 N–H and O–H groups in total. The number of carboxylic acids is 1. The van der Waals surface area contributed by atoms with Crippen LogP contribution in [-0.2, 0) is 20.9 Å². The predicted molar refractivity (Wildman–Crippen MR) is 90.2 cm³/mol. The predicted octanol–water partition coefficient (Wildman–Crippen LogP) is 3.16. The van der Waals surface area contributed by atoms with Gasteiger partial charge in [-0.1, -0.05) is 36.4 Å². The van der Waals surface area contributed by atoms with E-state index in [0.29, 0.717) is 11.1 Å². The number of amides is 1. The molecule has 0 heterocycles. The molecule has 0 aliphatic carbocycles. The van der Waals surface area contributed by atoms with Gasteiger partial charge in [0.05, 0.1) is 6.42 Å². The lowest BCUT2D eigenvalue weighted by Crippen LogP contribution is -2.37. The van der Waals surface area contributed by atoms with Crippen LogP contribution in [-0.4, -0.2) is 35.5 Å². The van der Waals surface area contributed by atoms with Crippen LogP contribution >= 0.6 is 0 Å². The average molecular weight is 363 g/mol. The summed E-state index contributed by atoms with van der Waals surface area (Å²) in [4.78, 5) is 25.1. The maximum Gasteiger partial charge on any atom is 0.305 e. The van der Waals surface area contributed by atoms with Crippen LogP contribution in [0.5, 0.6) is 0 Å². The summed E-state index contributed by atoms with van der Waals surface area (Å²) < 4.78 is 31.8. The second-order valence-corrected chi connectivity index (χ2v) is 5.68. The molecule has 1 amide bonds. The van der Waals surface area contributed by atoms with Gasteiger partial charge in [0.2, 0.25) is 0 Å². The zero-order valence-electron chi connectivity index (χ0n) is 14.2. The van der Waals surface area contributed by atoms with Gasteiger partial charge in [0.1, 0.15) is 0 Å². The molecule has 0 fully saturated rings. The largest absolute Gasteiger partial charge is 0.481 e. The standard InChI is InChI=1S/C19H19F2NO4/c1-26-18(14-5-3-2-4-6-14)19(25)22(10-9-17(23)24)12-13-7-8-15(20)16(21)11-13/h2-8,11,18H,9-10,12H2,1H3,(H,23,24)/t18-/m1/s1. The topological polar surface area (TPSA) is 66.8 Å². The third-order valence-electron chi connectivity index (χ3n) is 3.83. The van der Waals surface area contributed by atoms with Crippen LogP contribution in [0.1, 0.15) is 23.7 Å². The summed E-state index contributed by atoms with van der Waals surface area (Å²) in [6.07, 6.45) is -1.20. The van der Waals surface area contributed by atoms with E-state index in [1.54, 1.807) is 30.3 Å². The van der Waals surface area contributed by atoms with Crippen LogP contribution in [0, 0.1) is 11.6 Å². The average Bonchev–Trinajstić information content (AvgIpc) is 2.63. The zero-order valence-corrected chi connectivity index (χ0v) is 14.2. The molecule has 0 saturated carbocycles. The third kappa shape index (κ3) is 5.10. The Kier molecular flexibility index (Phi) is 6.80. The van der Waals surface area contributed by atoms with Crippen LogP contribution in [0.3, 0.4) is 0 Å². The Morgan fingerprint density at radius 2 is 1.81 bits per heavy atom. The minimum absolute atomic E-state index is 0.0595. The Labute approximate surface area is 149 Å². The first-order valence-electron chi connectivity index (χ1n) is 7.94. The summed E-state index contributed by atoms with van der Waals surface area (Å²) in [6.45, 7) is -0.143. The minimum atomic E-state index is -1.07. The molecule has 0 aliphatic heterocycles. The van der Waals surface area contributed by atoms with Gasteiger partial charge in [0.25, 0.3) is 5.91 Å². The van der Waals surface area contributed by atoms with Crippen LogP contribution < -0.4 is 0 Å². The van der Waals surface area contributed by atoms with Crippen molar-refractivity contribution < 1.29 is 28.2 Å². The van der Waals surface area contributed by atoms with Crippen LogP contribution in [0.25, 0.3) is 0 Å². The van der Waals surface area contributed by atoms with Gasteiger partial charge in [0, 0.05) is 20.2 Å². The van der Waals surface area contributed by atoms with Crippen molar-refractivity contribution in [3.05, 3.63) is 71.3 Å². The van der Waals surface area contributed by atoms with Gasteiger partial charge in [0.15, 0.2) is 17.7 Å². The molecule has 5 nitrogen and oxygen atoms in total. The summed E-state index contributed by atoms with van der Waals surface area (Å²) in [7, 11) is 1.38.